The molecule has 3 aliphatic rings. The van der Waals surface area contributed by atoms with Crippen LogP contribution in [-0.4, -0.2) is 36.2 Å². The van der Waals surface area contributed by atoms with Crippen molar-refractivity contribution >= 4 is 0 Å². The minimum absolute atomic E-state index is 0.274. The summed E-state index contributed by atoms with van der Waals surface area (Å²) in [6, 6.07) is 0.929. The van der Waals surface area contributed by atoms with E-state index in [0.29, 0.717) is 0 Å². The lowest BCUT2D eigenvalue weighted by Gasteiger charge is -2.54. The van der Waals surface area contributed by atoms with E-state index in [-0.39, 0.29) is 5.60 Å². The van der Waals surface area contributed by atoms with Crippen molar-refractivity contribution in [3.8, 4) is 0 Å². The summed E-state index contributed by atoms with van der Waals surface area (Å²) in [6.45, 7) is 8.17. The van der Waals surface area contributed by atoms with Crippen molar-refractivity contribution in [2.45, 2.75) is 51.2 Å². The average molecular weight is 209 g/mol. The summed E-state index contributed by atoms with van der Waals surface area (Å²) < 4.78 is 6.05. The van der Waals surface area contributed by atoms with E-state index in [1.165, 1.54) is 38.8 Å². The molecule has 0 aromatic rings. The minimum atomic E-state index is 0.274. The van der Waals surface area contributed by atoms with E-state index < -0.39 is 0 Å². The number of rotatable bonds is 2. The van der Waals surface area contributed by atoms with Crippen molar-refractivity contribution in [1.82, 2.24) is 4.90 Å². The summed E-state index contributed by atoms with van der Waals surface area (Å²) in [5, 5.41) is 0. The van der Waals surface area contributed by atoms with Gasteiger partial charge in [-0.1, -0.05) is 13.8 Å². The van der Waals surface area contributed by atoms with E-state index in [1.807, 2.05) is 0 Å². The summed E-state index contributed by atoms with van der Waals surface area (Å²) in [5.41, 5.74) is 0.274. The van der Waals surface area contributed by atoms with Crippen LogP contribution in [0.4, 0.5) is 0 Å². The summed E-state index contributed by atoms with van der Waals surface area (Å²) >= 11 is 0. The fraction of sp³-hybridized carbons (Fsp3) is 1.00. The molecule has 2 heterocycles. The van der Waals surface area contributed by atoms with Crippen LogP contribution in [0.3, 0.4) is 0 Å². The molecule has 1 spiro atoms. The number of hydrogen-bond donors (Lipinski definition) is 0. The molecule has 0 unspecified atom stereocenters. The number of nitrogens with zero attached hydrogens (tertiary/aromatic N) is 1. The second-order valence-corrected chi connectivity index (χ2v) is 6.16. The highest BCUT2D eigenvalue weighted by Crippen LogP contribution is 2.43. The zero-order valence-electron chi connectivity index (χ0n) is 10.0. The van der Waals surface area contributed by atoms with Crippen LogP contribution in [0.25, 0.3) is 0 Å². The van der Waals surface area contributed by atoms with Crippen molar-refractivity contribution in [1.29, 1.82) is 0 Å². The molecule has 3 fully saturated rings. The molecule has 1 atom stereocenters. The number of ether oxygens (including phenoxy) is 1. The highest BCUT2D eigenvalue weighted by atomic mass is 16.5. The molecule has 0 aromatic heterocycles. The van der Waals surface area contributed by atoms with E-state index in [4.69, 9.17) is 4.74 Å². The Hall–Kier alpha value is -0.0800. The van der Waals surface area contributed by atoms with Gasteiger partial charge in [-0.2, -0.15) is 0 Å². The van der Waals surface area contributed by atoms with Crippen LogP contribution < -0.4 is 0 Å². The van der Waals surface area contributed by atoms with Crippen LogP contribution in [0.5, 0.6) is 0 Å². The van der Waals surface area contributed by atoms with Gasteiger partial charge in [0.05, 0.1) is 5.60 Å². The monoisotopic (exact) mass is 209 g/mol. The second-order valence-electron chi connectivity index (χ2n) is 6.16. The Morgan fingerprint density at radius 2 is 1.93 bits per heavy atom. The van der Waals surface area contributed by atoms with E-state index in [1.54, 1.807) is 0 Å². The molecule has 1 saturated carbocycles. The van der Waals surface area contributed by atoms with Crippen LogP contribution in [-0.2, 0) is 4.74 Å². The first-order valence-electron chi connectivity index (χ1n) is 6.57. The summed E-state index contributed by atoms with van der Waals surface area (Å²) in [7, 11) is 0. The SMILES string of the molecule is CC(C)[C@H]1CCOC2(C1)CN(C1CC1)C2. The molecule has 0 radical (unpaired) electrons. The summed E-state index contributed by atoms with van der Waals surface area (Å²) in [5.74, 6) is 1.74. The molecule has 0 bridgehead atoms. The van der Waals surface area contributed by atoms with Gasteiger partial charge in [-0.3, -0.25) is 4.90 Å². The smallest absolute Gasteiger partial charge is 0.0937 e. The minimum Gasteiger partial charge on any atom is -0.372 e. The predicted octanol–water partition coefficient (Wildman–Crippen LogP) is 2.29. The number of hydrogen-bond acceptors (Lipinski definition) is 2. The van der Waals surface area contributed by atoms with Crippen LogP contribution in [0.15, 0.2) is 0 Å². The normalized spacial score (nSPS) is 35.8. The Morgan fingerprint density at radius 3 is 2.53 bits per heavy atom. The van der Waals surface area contributed by atoms with Gasteiger partial charge in [0.2, 0.25) is 0 Å². The van der Waals surface area contributed by atoms with Crippen molar-refractivity contribution in [3.63, 3.8) is 0 Å². The maximum absolute atomic E-state index is 6.05. The van der Waals surface area contributed by atoms with E-state index in [0.717, 1.165) is 24.5 Å². The fourth-order valence-electron chi connectivity index (χ4n) is 3.25. The quantitative estimate of drug-likeness (QED) is 0.692. The predicted molar refractivity (Wildman–Crippen MR) is 60.8 cm³/mol. The molecule has 15 heavy (non-hydrogen) atoms. The standard InChI is InChI=1S/C13H23NO/c1-10(2)11-5-6-15-13(7-11)8-14(9-13)12-3-4-12/h10-12H,3-9H2,1-2H3/t11-/m0/s1. The van der Waals surface area contributed by atoms with Crippen LogP contribution in [0, 0.1) is 11.8 Å². The highest BCUT2D eigenvalue weighted by Gasteiger charge is 2.51. The second kappa shape index (κ2) is 3.46. The highest BCUT2D eigenvalue weighted by molar-refractivity contribution is 5.05. The molecule has 2 saturated heterocycles. The molecular formula is C13H23NO. The Morgan fingerprint density at radius 1 is 1.20 bits per heavy atom. The van der Waals surface area contributed by atoms with Gasteiger partial charge in [-0.05, 0) is 37.5 Å². The first kappa shape index (κ1) is 10.1. The van der Waals surface area contributed by atoms with Gasteiger partial charge in [0.15, 0.2) is 0 Å². The average Bonchev–Trinajstić information content (AvgIpc) is 2.97. The Labute approximate surface area is 93.0 Å². The maximum atomic E-state index is 6.05. The number of likely N-dealkylation sites (tertiary alicyclic amines) is 1. The van der Waals surface area contributed by atoms with Gasteiger partial charge in [-0.25, -0.2) is 0 Å². The zero-order chi connectivity index (χ0) is 10.5. The molecule has 3 rings (SSSR count). The molecule has 86 valence electrons. The summed E-state index contributed by atoms with van der Waals surface area (Å²) in [6.07, 6.45) is 5.46. The third-order valence-electron chi connectivity index (χ3n) is 4.52. The Balaban J connectivity index is 1.57. The van der Waals surface area contributed by atoms with Gasteiger partial charge in [0, 0.05) is 25.7 Å². The first-order chi connectivity index (χ1) is 7.19. The van der Waals surface area contributed by atoms with Crippen molar-refractivity contribution in [3.05, 3.63) is 0 Å². The molecule has 2 aliphatic heterocycles. The van der Waals surface area contributed by atoms with Gasteiger partial charge < -0.3 is 4.74 Å². The van der Waals surface area contributed by atoms with Crippen molar-refractivity contribution in [2.24, 2.45) is 11.8 Å². The van der Waals surface area contributed by atoms with Crippen molar-refractivity contribution in [2.75, 3.05) is 19.7 Å². The van der Waals surface area contributed by atoms with E-state index in [2.05, 4.69) is 18.7 Å². The summed E-state index contributed by atoms with van der Waals surface area (Å²) in [4.78, 5) is 2.63. The molecule has 1 aliphatic carbocycles. The van der Waals surface area contributed by atoms with Crippen LogP contribution in [0.2, 0.25) is 0 Å². The van der Waals surface area contributed by atoms with E-state index in [9.17, 15) is 0 Å². The van der Waals surface area contributed by atoms with Crippen LogP contribution in [0.1, 0.15) is 39.5 Å². The zero-order valence-corrected chi connectivity index (χ0v) is 10.0. The van der Waals surface area contributed by atoms with Gasteiger partial charge >= 0.3 is 0 Å². The fourth-order valence-corrected chi connectivity index (χ4v) is 3.25. The van der Waals surface area contributed by atoms with E-state index >= 15 is 0 Å². The molecule has 2 heteroatoms. The van der Waals surface area contributed by atoms with Gasteiger partial charge in [0.1, 0.15) is 0 Å². The molecule has 2 nitrogen and oxygen atoms in total. The molecular weight excluding hydrogens is 186 g/mol. The largest absolute Gasteiger partial charge is 0.372 e. The Bertz CT molecular complexity index is 241. The van der Waals surface area contributed by atoms with Crippen molar-refractivity contribution < 1.29 is 4.74 Å². The van der Waals surface area contributed by atoms with Gasteiger partial charge in [0.25, 0.3) is 0 Å². The third-order valence-corrected chi connectivity index (χ3v) is 4.52. The lowest BCUT2D eigenvalue weighted by Crippen LogP contribution is -2.65. The first-order valence-corrected chi connectivity index (χ1v) is 6.57. The van der Waals surface area contributed by atoms with Crippen LogP contribution >= 0.6 is 0 Å². The van der Waals surface area contributed by atoms with Gasteiger partial charge in [-0.15, -0.1) is 0 Å². The lowest BCUT2D eigenvalue weighted by molar-refractivity contribution is -0.184. The molecule has 0 aromatic carbocycles. The molecule has 0 N–H and O–H groups in total. The molecule has 0 amide bonds. The maximum Gasteiger partial charge on any atom is 0.0937 e. The Kier molecular flexibility index (Phi) is 2.33. The topological polar surface area (TPSA) is 12.5 Å². The lowest BCUT2D eigenvalue weighted by atomic mass is 9.76. The third kappa shape index (κ3) is 1.83.